The second kappa shape index (κ2) is 6.61. The molecule has 2 heterocycles. The fraction of sp³-hybridized carbons (Fsp3) is 0.286. The summed E-state index contributed by atoms with van der Waals surface area (Å²) < 4.78 is 12.8. The summed E-state index contributed by atoms with van der Waals surface area (Å²) in [6.45, 7) is 2.23. The maximum absolute atomic E-state index is 12.3. The van der Waals surface area contributed by atoms with E-state index >= 15 is 0 Å². The van der Waals surface area contributed by atoms with Crippen LogP contribution in [0.1, 0.15) is 0 Å². The Balaban J connectivity index is 1.94. The summed E-state index contributed by atoms with van der Waals surface area (Å²) in [5.74, 6) is 0.531. The van der Waals surface area contributed by atoms with Crippen molar-refractivity contribution in [2.75, 3.05) is 26.3 Å². The van der Waals surface area contributed by atoms with Crippen LogP contribution in [0.15, 0.2) is 24.4 Å². The molecule has 0 radical (unpaired) electrons. The van der Waals surface area contributed by atoms with Crippen molar-refractivity contribution in [3.8, 4) is 5.75 Å². The number of hydrogen-bond donors (Lipinski definition) is 0. The van der Waals surface area contributed by atoms with Gasteiger partial charge in [-0.25, -0.2) is 4.79 Å². The van der Waals surface area contributed by atoms with Crippen molar-refractivity contribution in [3.63, 3.8) is 0 Å². The van der Waals surface area contributed by atoms with Crippen LogP contribution in [0, 0.1) is 7.14 Å². The molecule has 0 unspecified atom stereocenters. The minimum absolute atomic E-state index is 0.343. The number of carbonyl (C=O) groups is 1. The van der Waals surface area contributed by atoms with Gasteiger partial charge in [-0.2, -0.15) is 0 Å². The third-order valence-electron chi connectivity index (χ3n) is 3.21. The van der Waals surface area contributed by atoms with Crippen molar-refractivity contribution < 1.29 is 14.3 Å². The SMILES string of the molecule is O=C(Oc1c(I)cc(I)c2cccnc12)N1CCOCC1. The monoisotopic (exact) mass is 510 g/mol. The molecule has 110 valence electrons. The smallest absolute Gasteiger partial charge is 0.407 e. The lowest BCUT2D eigenvalue weighted by molar-refractivity contribution is 0.0416. The van der Waals surface area contributed by atoms with Crippen molar-refractivity contribution >= 4 is 62.2 Å². The Morgan fingerprint density at radius 1 is 1.29 bits per heavy atom. The Bertz CT molecular complexity index is 687. The van der Waals surface area contributed by atoms with Crippen LogP contribution in [0.5, 0.6) is 5.75 Å². The lowest BCUT2D eigenvalue weighted by atomic mass is 10.2. The number of amides is 1. The molecular weight excluding hydrogens is 498 g/mol. The third kappa shape index (κ3) is 3.24. The molecule has 0 atom stereocenters. The average molecular weight is 510 g/mol. The first-order chi connectivity index (χ1) is 10.2. The van der Waals surface area contributed by atoms with Crippen molar-refractivity contribution in [1.29, 1.82) is 0 Å². The second-order valence-electron chi connectivity index (χ2n) is 4.54. The van der Waals surface area contributed by atoms with E-state index in [0.717, 1.165) is 18.0 Å². The number of pyridine rings is 1. The van der Waals surface area contributed by atoms with E-state index < -0.39 is 0 Å². The number of hydrogen-bond acceptors (Lipinski definition) is 4. The summed E-state index contributed by atoms with van der Waals surface area (Å²) in [6, 6.07) is 5.85. The molecule has 1 aromatic carbocycles. The molecule has 1 aliphatic heterocycles. The van der Waals surface area contributed by atoms with Gasteiger partial charge < -0.3 is 14.4 Å². The number of fused-ring (bicyclic) bond motifs is 1. The quantitative estimate of drug-likeness (QED) is 0.554. The molecule has 21 heavy (non-hydrogen) atoms. The highest BCUT2D eigenvalue weighted by molar-refractivity contribution is 14.1. The summed E-state index contributed by atoms with van der Waals surface area (Å²) in [4.78, 5) is 18.3. The molecule has 1 aliphatic rings. The van der Waals surface area contributed by atoms with Crippen LogP contribution in [0.3, 0.4) is 0 Å². The van der Waals surface area contributed by atoms with Gasteiger partial charge >= 0.3 is 6.09 Å². The molecule has 0 saturated carbocycles. The molecule has 0 spiro atoms. The maximum Gasteiger partial charge on any atom is 0.415 e. The number of benzene rings is 1. The number of nitrogens with zero attached hydrogens (tertiary/aromatic N) is 2. The summed E-state index contributed by atoms with van der Waals surface area (Å²) >= 11 is 4.44. The summed E-state index contributed by atoms with van der Waals surface area (Å²) in [6.07, 6.45) is 1.37. The van der Waals surface area contributed by atoms with Crippen LogP contribution in [0.4, 0.5) is 4.79 Å². The molecule has 0 aliphatic carbocycles. The van der Waals surface area contributed by atoms with Crippen molar-refractivity contribution in [2.24, 2.45) is 0 Å². The normalized spacial score (nSPS) is 15.2. The molecule has 2 aromatic rings. The van der Waals surface area contributed by atoms with Crippen molar-refractivity contribution in [1.82, 2.24) is 9.88 Å². The van der Waals surface area contributed by atoms with Gasteiger partial charge in [0.15, 0.2) is 5.75 Å². The van der Waals surface area contributed by atoms with Crippen LogP contribution >= 0.6 is 45.2 Å². The van der Waals surface area contributed by atoms with Crippen LogP contribution in [-0.2, 0) is 4.74 Å². The molecule has 5 nitrogen and oxygen atoms in total. The fourth-order valence-electron chi connectivity index (χ4n) is 2.14. The van der Waals surface area contributed by atoms with E-state index in [0.29, 0.717) is 32.1 Å². The number of halogens is 2. The highest BCUT2D eigenvalue weighted by Gasteiger charge is 2.21. The molecule has 0 N–H and O–H groups in total. The van der Waals surface area contributed by atoms with Gasteiger partial charge in [-0.3, -0.25) is 4.98 Å². The molecule has 0 bridgehead atoms. The summed E-state index contributed by atoms with van der Waals surface area (Å²) in [5, 5.41) is 0.989. The Morgan fingerprint density at radius 2 is 2.05 bits per heavy atom. The van der Waals surface area contributed by atoms with E-state index in [9.17, 15) is 4.79 Å². The number of carbonyl (C=O) groups excluding carboxylic acids is 1. The Morgan fingerprint density at radius 3 is 2.81 bits per heavy atom. The van der Waals surface area contributed by atoms with Crippen LogP contribution < -0.4 is 4.74 Å². The Kier molecular flexibility index (Phi) is 4.79. The number of rotatable bonds is 1. The topological polar surface area (TPSA) is 51.7 Å². The number of aromatic nitrogens is 1. The first kappa shape index (κ1) is 15.2. The summed E-state index contributed by atoms with van der Waals surface area (Å²) in [5.41, 5.74) is 0.718. The average Bonchev–Trinajstić information content (AvgIpc) is 2.52. The van der Waals surface area contributed by atoms with Gasteiger partial charge in [0.2, 0.25) is 0 Å². The van der Waals surface area contributed by atoms with E-state index in [4.69, 9.17) is 9.47 Å². The first-order valence-electron chi connectivity index (χ1n) is 6.44. The van der Waals surface area contributed by atoms with Gasteiger partial charge in [-0.05, 0) is 57.3 Å². The van der Waals surface area contributed by atoms with Gasteiger partial charge in [0.05, 0.1) is 16.8 Å². The number of ether oxygens (including phenoxy) is 2. The highest BCUT2D eigenvalue weighted by Crippen LogP contribution is 2.33. The molecule has 1 aromatic heterocycles. The first-order valence-corrected chi connectivity index (χ1v) is 8.60. The van der Waals surface area contributed by atoms with Crippen LogP contribution in [-0.4, -0.2) is 42.3 Å². The van der Waals surface area contributed by atoms with Gasteiger partial charge in [0, 0.05) is 28.2 Å². The van der Waals surface area contributed by atoms with Gasteiger partial charge in [-0.1, -0.05) is 6.07 Å². The minimum atomic E-state index is -0.343. The molecular formula is C14H12I2N2O3. The van der Waals surface area contributed by atoms with Gasteiger partial charge in [0.1, 0.15) is 5.52 Å². The maximum atomic E-state index is 12.3. The zero-order chi connectivity index (χ0) is 14.8. The third-order valence-corrected chi connectivity index (χ3v) is 4.90. The number of morpholine rings is 1. The Labute approximate surface area is 149 Å². The van der Waals surface area contributed by atoms with E-state index in [1.165, 1.54) is 0 Å². The van der Waals surface area contributed by atoms with E-state index in [2.05, 4.69) is 50.2 Å². The Hall–Kier alpha value is -0.680. The molecule has 3 rings (SSSR count). The van der Waals surface area contributed by atoms with Crippen LogP contribution in [0.25, 0.3) is 10.9 Å². The lowest BCUT2D eigenvalue weighted by Crippen LogP contribution is -2.42. The van der Waals surface area contributed by atoms with Crippen molar-refractivity contribution in [2.45, 2.75) is 0 Å². The minimum Gasteiger partial charge on any atom is -0.407 e. The second-order valence-corrected chi connectivity index (χ2v) is 6.86. The molecule has 1 amide bonds. The van der Waals surface area contributed by atoms with E-state index in [1.807, 2.05) is 18.2 Å². The highest BCUT2D eigenvalue weighted by atomic mass is 127. The predicted molar refractivity (Wildman–Crippen MR) is 95.6 cm³/mol. The zero-order valence-corrected chi connectivity index (χ0v) is 15.3. The fourth-order valence-corrected chi connectivity index (χ4v) is 4.16. The van der Waals surface area contributed by atoms with E-state index in [-0.39, 0.29) is 6.09 Å². The lowest BCUT2D eigenvalue weighted by Gasteiger charge is -2.26. The standard InChI is InChI=1S/C14H12I2N2O3/c15-10-8-11(16)13(12-9(10)2-1-3-17-12)21-14(19)18-4-6-20-7-5-18/h1-3,8H,4-7H2. The summed E-state index contributed by atoms with van der Waals surface area (Å²) in [7, 11) is 0. The van der Waals surface area contributed by atoms with Crippen molar-refractivity contribution in [3.05, 3.63) is 31.5 Å². The largest absolute Gasteiger partial charge is 0.415 e. The molecule has 7 heteroatoms. The molecule has 1 saturated heterocycles. The van der Waals surface area contributed by atoms with Gasteiger partial charge in [-0.15, -0.1) is 0 Å². The van der Waals surface area contributed by atoms with E-state index in [1.54, 1.807) is 11.1 Å². The zero-order valence-electron chi connectivity index (χ0n) is 11.0. The predicted octanol–water partition coefficient (Wildman–Crippen LogP) is 3.28. The van der Waals surface area contributed by atoms with Gasteiger partial charge in [0.25, 0.3) is 0 Å². The van der Waals surface area contributed by atoms with Crippen LogP contribution in [0.2, 0.25) is 0 Å². The molecule has 1 fully saturated rings.